The van der Waals surface area contributed by atoms with Crippen LogP contribution in [-0.4, -0.2) is 36.2 Å². The van der Waals surface area contributed by atoms with Gasteiger partial charge < -0.3 is 30.6 Å². The van der Waals surface area contributed by atoms with Gasteiger partial charge in [0.05, 0.1) is 18.2 Å². The lowest BCUT2D eigenvalue weighted by Crippen LogP contribution is -2.46. The van der Waals surface area contributed by atoms with Gasteiger partial charge >= 0.3 is 6.09 Å². The lowest BCUT2D eigenvalue weighted by molar-refractivity contribution is -0.119. The van der Waals surface area contributed by atoms with Crippen LogP contribution in [0.25, 0.3) is 0 Å². The number of nitrogens with one attached hydrogen (secondary N) is 2. The van der Waals surface area contributed by atoms with Gasteiger partial charge in [0.1, 0.15) is 29.7 Å². The molecule has 0 radical (unpaired) electrons. The van der Waals surface area contributed by atoms with Crippen molar-refractivity contribution in [3.05, 3.63) is 95.1 Å². The molecule has 0 bridgehead atoms. The monoisotopic (exact) mass is 545 g/mol. The van der Waals surface area contributed by atoms with Crippen molar-refractivity contribution in [2.75, 3.05) is 6.61 Å². The number of carbonyl (C=O) groups is 3. The molecule has 3 amide bonds. The van der Waals surface area contributed by atoms with Crippen LogP contribution < -0.4 is 25.8 Å². The number of hydrogen-bond donors (Lipinski definition) is 3. The van der Waals surface area contributed by atoms with E-state index in [1.165, 1.54) is 0 Å². The number of rotatable bonds is 9. The molecular formula is C31H35N3O6. The maximum absolute atomic E-state index is 13.3. The fourth-order valence-corrected chi connectivity index (χ4v) is 4.36. The molecule has 9 heteroatoms. The van der Waals surface area contributed by atoms with Gasteiger partial charge in [-0.3, -0.25) is 9.59 Å². The predicted molar refractivity (Wildman–Crippen MR) is 150 cm³/mol. The lowest BCUT2D eigenvalue weighted by atomic mass is 9.97. The second-order valence-corrected chi connectivity index (χ2v) is 10.6. The van der Waals surface area contributed by atoms with Crippen LogP contribution in [-0.2, 0) is 22.6 Å². The molecule has 1 unspecified atom stereocenters. The molecule has 4 rings (SSSR count). The molecule has 0 saturated heterocycles. The Morgan fingerprint density at radius 3 is 2.38 bits per heavy atom. The molecule has 0 spiro atoms. The third-order valence-corrected chi connectivity index (χ3v) is 6.27. The van der Waals surface area contributed by atoms with Crippen LogP contribution in [0.5, 0.6) is 11.5 Å². The average Bonchev–Trinajstić information content (AvgIpc) is 2.91. The minimum Gasteiger partial charge on any atom is -0.492 e. The fourth-order valence-electron chi connectivity index (χ4n) is 4.36. The standard InChI is InChI=1S/C31H35N3O6/c1-31(2,3)40-30(37)34-25-16-17-38-27-23(25)10-7-11-24(27)29(36)33-26(28(32)35)18-20-12-14-22(15-13-20)39-19-21-8-5-4-6-9-21/h4-15,25-26H,16-19H2,1-3H3,(H2,32,35)(H,33,36)(H,34,37)/t25?,26-/m0/s1. The molecule has 210 valence electrons. The van der Waals surface area contributed by atoms with Gasteiger partial charge in [0.2, 0.25) is 5.91 Å². The second-order valence-electron chi connectivity index (χ2n) is 10.6. The van der Waals surface area contributed by atoms with E-state index in [0.717, 1.165) is 11.1 Å². The Bertz CT molecular complexity index is 1340. The van der Waals surface area contributed by atoms with E-state index in [2.05, 4.69) is 10.6 Å². The van der Waals surface area contributed by atoms with Gasteiger partial charge in [-0.15, -0.1) is 0 Å². The number of carbonyl (C=O) groups excluding carboxylic acids is 3. The van der Waals surface area contributed by atoms with Gasteiger partial charge in [-0.1, -0.05) is 54.6 Å². The van der Waals surface area contributed by atoms with Gasteiger partial charge in [-0.05, 0) is 50.1 Å². The van der Waals surface area contributed by atoms with Crippen molar-refractivity contribution < 1.29 is 28.6 Å². The van der Waals surface area contributed by atoms with E-state index in [0.29, 0.717) is 36.7 Å². The van der Waals surface area contributed by atoms with E-state index in [9.17, 15) is 14.4 Å². The average molecular weight is 546 g/mol. The van der Waals surface area contributed by atoms with Crippen molar-refractivity contribution in [3.63, 3.8) is 0 Å². The minimum atomic E-state index is -0.946. The smallest absolute Gasteiger partial charge is 0.408 e. The molecule has 0 fully saturated rings. The fraction of sp³-hybridized carbons (Fsp3) is 0.323. The normalized spacial score (nSPS) is 15.1. The van der Waals surface area contributed by atoms with Crippen molar-refractivity contribution in [2.45, 2.75) is 57.9 Å². The molecule has 4 N–H and O–H groups in total. The molecule has 40 heavy (non-hydrogen) atoms. The number of benzene rings is 3. The van der Waals surface area contributed by atoms with Crippen molar-refractivity contribution in [2.24, 2.45) is 5.73 Å². The van der Waals surface area contributed by atoms with Gasteiger partial charge in [0.25, 0.3) is 5.91 Å². The quantitative estimate of drug-likeness (QED) is 0.365. The Morgan fingerprint density at radius 2 is 1.70 bits per heavy atom. The van der Waals surface area contributed by atoms with E-state index in [1.807, 2.05) is 54.6 Å². The summed E-state index contributed by atoms with van der Waals surface area (Å²) in [5, 5.41) is 5.60. The molecule has 3 aromatic rings. The molecule has 1 heterocycles. The van der Waals surface area contributed by atoms with Crippen LogP contribution in [0.1, 0.15) is 60.3 Å². The molecule has 2 atom stereocenters. The van der Waals surface area contributed by atoms with Gasteiger partial charge in [0, 0.05) is 18.4 Å². The second kappa shape index (κ2) is 12.5. The highest BCUT2D eigenvalue weighted by atomic mass is 16.6. The molecule has 0 aromatic heterocycles. The first-order chi connectivity index (χ1) is 19.1. The number of amides is 3. The van der Waals surface area contributed by atoms with Gasteiger partial charge in [-0.25, -0.2) is 4.79 Å². The molecule has 1 aliphatic rings. The van der Waals surface area contributed by atoms with Crippen LogP contribution >= 0.6 is 0 Å². The highest BCUT2D eigenvalue weighted by molar-refractivity contribution is 6.00. The molecule has 3 aromatic carbocycles. The molecule has 0 saturated carbocycles. The number of fused-ring (bicyclic) bond motifs is 1. The molecule has 1 aliphatic heterocycles. The summed E-state index contributed by atoms with van der Waals surface area (Å²) in [7, 11) is 0. The zero-order valence-electron chi connectivity index (χ0n) is 22.9. The Morgan fingerprint density at radius 1 is 0.975 bits per heavy atom. The van der Waals surface area contributed by atoms with Crippen molar-refractivity contribution in [1.29, 1.82) is 0 Å². The third kappa shape index (κ3) is 7.75. The first kappa shape index (κ1) is 28.5. The maximum Gasteiger partial charge on any atom is 0.408 e. The molecule has 0 aliphatic carbocycles. The zero-order valence-corrected chi connectivity index (χ0v) is 22.9. The summed E-state index contributed by atoms with van der Waals surface area (Å²) in [5.74, 6) is -0.111. The van der Waals surface area contributed by atoms with E-state index >= 15 is 0 Å². The number of ether oxygens (including phenoxy) is 3. The summed E-state index contributed by atoms with van der Waals surface area (Å²) in [6.07, 6.45) is 0.177. The summed E-state index contributed by atoms with van der Waals surface area (Å²) in [4.78, 5) is 37.9. The molecular weight excluding hydrogens is 510 g/mol. The minimum absolute atomic E-state index is 0.207. The van der Waals surface area contributed by atoms with E-state index in [4.69, 9.17) is 19.9 Å². The maximum atomic E-state index is 13.3. The lowest BCUT2D eigenvalue weighted by Gasteiger charge is -2.29. The Hall–Kier alpha value is -4.53. The Balaban J connectivity index is 1.41. The van der Waals surface area contributed by atoms with Crippen LogP contribution in [0, 0.1) is 0 Å². The summed E-state index contributed by atoms with van der Waals surface area (Å²) < 4.78 is 17.0. The van der Waals surface area contributed by atoms with Gasteiger partial charge in [0.15, 0.2) is 0 Å². The number of primary amides is 1. The first-order valence-corrected chi connectivity index (χ1v) is 13.2. The predicted octanol–water partition coefficient (Wildman–Crippen LogP) is 4.44. The zero-order chi connectivity index (χ0) is 28.7. The van der Waals surface area contributed by atoms with Crippen LogP contribution in [0.15, 0.2) is 72.8 Å². The van der Waals surface area contributed by atoms with Crippen LogP contribution in [0.2, 0.25) is 0 Å². The number of para-hydroxylation sites is 1. The largest absolute Gasteiger partial charge is 0.492 e. The highest BCUT2D eigenvalue weighted by Crippen LogP contribution is 2.35. The highest BCUT2D eigenvalue weighted by Gasteiger charge is 2.30. The van der Waals surface area contributed by atoms with Gasteiger partial charge in [-0.2, -0.15) is 0 Å². The summed E-state index contributed by atoms with van der Waals surface area (Å²) in [5.41, 5.74) is 7.79. The van der Waals surface area contributed by atoms with E-state index < -0.39 is 29.6 Å². The van der Waals surface area contributed by atoms with Crippen LogP contribution in [0.4, 0.5) is 4.79 Å². The van der Waals surface area contributed by atoms with E-state index in [-0.39, 0.29) is 18.0 Å². The van der Waals surface area contributed by atoms with E-state index in [1.54, 1.807) is 39.0 Å². The molecule has 9 nitrogen and oxygen atoms in total. The number of alkyl carbamates (subject to hydrolysis) is 1. The van der Waals surface area contributed by atoms with Crippen molar-refractivity contribution in [3.8, 4) is 11.5 Å². The summed E-state index contributed by atoms with van der Waals surface area (Å²) in [6.45, 7) is 6.11. The number of hydrogen-bond acceptors (Lipinski definition) is 6. The van der Waals surface area contributed by atoms with Crippen LogP contribution in [0.3, 0.4) is 0 Å². The third-order valence-electron chi connectivity index (χ3n) is 6.27. The topological polar surface area (TPSA) is 129 Å². The Labute approximate surface area is 234 Å². The SMILES string of the molecule is CC(C)(C)OC(=O)NC1CCOc2c(C(=O)N[C@@H](Cc3ccc(OCc4ccccc4)cc3)C(N)=O)cccc21. The van der Waals surface area contributed by atoms with Crippen molar-refractivity contribution in [1.82, 2.24) is 10.6 Å². The van der Waals surface area contributed by atoms with Crippen molar-refractivity contribution >= 4 is 17.9 Å². The first-order valence-electron chi connectivity index (χ1n) is 13.2. The number of nitrogens with two attached hydrogens (primary N) is 1. The summed E-state index contributed by atoms with van der Waals surface area (Å²) in [6, 6.07) is 20.9. The summed E-state index contributed by atoms with van der Waals surface area (Å²) >= 11 is 0. The Kier molecular flexibility index (Phi) is 8.93.